The lowest BCUT2D eigenvalue weighted by atomic mass is 9.94. The molecule has 1 unspecified atom stereocenters. The molecule has 0 radical (unpaired) electrons. The number of ether oxygens (including phenoxy) is 1. The maximum Gasteiger partial charge on any atom is 0.296 e. The number of carbonyl (C=O) groups is 2. The van der Waals surface area contributed by atoms with Gasteiger partial charge in [0, 0.05) is 5.39 Å². The second-order valence-electron chi connectivity index (χ2n) is 9.47. The highest BCUT2D eigenvalue weighted by atomic mass is 32.1. The Labute approximate surface area is 222 Å². The summed E-state index contributed by atoms with van der Waals surface area (Å²) < 4.78 is 12.2. The predicted molar refractivity (Wildman–Crippen MR) is 147 cm³/mol. The molecule has 5 aromatic rings. The fourth-order valence-electron chi connectivity index (χ4n) is 4.90. The molecule has 0 spiro atoms. The second kappa shape index (κ2) is 8.85. The highest BCUT2D eigenvalue weighted by molar-refractivity contribution is 7.22. The van der Waals surface area contributed by atoms with Crippen LogP contribution in [0.15, 0.2) is 76.4 Å². The molecule has 3 aromatic carbocycles. The third-order valence-electron chi connectivity index (χ3n) is 6.96. The van der Waals surface area contributed by atoms with Crippen molar-refractivity contribution in [1.29, 1.82) is 0 Å². The van der Waals surface area contributed by atoms with E-state index in [0.717, 1.165) is 26.9 Å². The van der Waals surface area contributed by atoms with Gasteiger partial charge in [0.25, 0.3) is 5.91 Å². The number of benzene rings is 3. The minimum Gasteiger partial charge on any atom is -0.503 e. The van der Waals surface area contributed by atoms with E-state index < -0.39 is 23.5 Å². The van der Waals surface area contributed by atoms with Crippen molar-refractivity contribution >= 4 is 49.3 Å². The molecule has 1 amide bonds. The van der Waals surface area contributed by atoms with Crippen LogP contribution in [-0.2, 0) is 4.79 Å². The summed E-state index contributed by atoms with van der Waals surface area (Å²) in [5.74, 6) is -1.37. The molecule has 8 heteroatoms. The average molecular weight is 525 g/mol. The van der Waals surface area contributed by atoms with Crippen molar-refractivity contribution < 1.29 is 23.8 Å². The number of Topliss-reactive ketones (excluding diaryl/α,β-unsaturated/α-hetero) is 1. The summed E-state index contributed by atoms with van der Waals surface area (Å²) in [5, 5.41) is 12.2. The summed E-state index contributed by atoms with van der Waals surface area (Å²) in [6, 6.07) is 17.6. The highest BCUT2D eigenvalue weighted by Gasteiger charge is 2.46. The number of anilines is 1. The number of ketones is 1. The molecule has 7 nitrogen and oxygen atoms in total. The molecule has 6 rings (SSSR count). The number of aromatic nitrogens is 1. The van der Waals surface area contributed by atoms with Crippen molar-refractivity contribution in [3.8, 4) is 5.75 Å². The largest absolute Gasteiger partial charge is 0.503 e. The van der Waals surface area contributed by atoms with Gasteiger partial charge < -0.3 is 14.3 Å². The number of amides is 1. The van der Waals surface area contributed by atoms with Gasteiger partial charge in [-0.2, -0.15) is 0 Å². The Morgan fingerprint density at radius 1 is 1.05 bits per heavy atom. The Balaban J connectivity index is 1.52. The first kappa shape index (κ1) is 23.9. The van der Waals surface area contributed by atoms with Gasteiger partial charge in [0.15, 0.2) is 28.0 Å². The summed E-state index contributed by atoms with van der Waals surface area (Å²) in [5.41, 5.74) is 4.98. The number of nitrogens with zero attached hydrogens (tertiary/aromatic N) is 2. The van der Waals surface area contributed by atoms with Gasteiger partial charge in [-0.25, -0.2) is 4.98 Å². The van der Waals surface area contributed by atoms with Gasteiger partial charge in [0.05, 0.1) is 28.9 Å². The van der Waals surface area contributed by atoms with E-state index in [4.69, 9.17) is 14.1 Å². The van der Waals surface area contributed by atoms with E-state index in [1.54, 1.807) is 18.2 Å². The van der Waals surface area contributed by atoms with E-state index in [2.05, 4.69) is 0 Å². The molecular formula is C30H24N2O5S. The van der Waals surface area contributed by atoms with Crippen molar-refractivity contribution in [3.63, 3.8) is 0 Å². The van der Waals surface area contributed by atoms with Crippen molar-refractivity contribution in [2.75, 3.05) is 12.0 Å². The molecular weight excluding hydrogens is 500 g/mol. The molecule has 0 saturated heterocycles. The van der Waals surface area contributed by atoms with E-state index in [1.165, 1.54) is 23.3 Å². The van der Waals surface area contributed by atoms with Gasteiger partial charge in [0.2, 0.25) is 5.78 Å². The zero-order valence-electron chi connectivity index (χ0n) is 21.2. The van der Waals surface area contributed by atoms with E-state index in [1.807, 2.05) is 63.2 Å². The van der Waals surface area contributed by atoms with Gasteiger partial charge in [-0.15, -0.1) is 0 Å². The molecule has 1 aliphatic rings. The molecule has 1 N–H and O–H groups in total. The van der Waals surface area contributed by atoms with Crippen LogP contribution in [0.3, 0.4) is 0 Å². The summed E-state index contributed by atoms with van der Waals surface area (Å²) in [6.45, 7) is 5.97. The summed E-state index contributed by atoms with van der Waals surface area (Å²) in [4.78, 5) is 33.7. The van der Waals surface area contributed by atoms with Crippen LogP contribution >= 0.6 is 11.3 Å². The minimum atomic E-state index is -0.882. The van der Waals surface area contributed by atoms with E-state index in [9.17, 15) is 14.7 Å². The van der Waals surface area contributed by atoms with Gasteiger partial charge in [0.1, 0.15) is 0 Å². The SMILES string of the molecule is COc1cccc2cc(C(=O)C3=C(O)C(=O)N(c4nc5cc(C)c(C)cc5s4)C3c3cccc(C)c3)oc12. The Kier molecular flexibility index (Phi) is 5.57. The zero-order valence-corrected chi connectivity index (χ0v) is 22.1. The topological polar surface area (TPSA) is 92.9 Å². The summed E-state index contributed by atoms with van der Waals surface area (Å²) in [7, 11) is 1.52. The molecule has 3 heterocycles. The third kappa shape index (κ3) is 3.68. The second-order valence-corrected chi connectivity index (χ2v) is 10.5. The number of para-hydroxylation sites is 1. The smallest absolute Gasteiger partial charge is 0.296 e. The van der Waals surface area contributed by atoms with Gasteiger partial charge in [-0.05, 0) is 61.7 Å². The van der Waals surface area contributed by atoms with Crippen LogP contribution in [-0.4, -0.2) is 28.9 Å². The molecule has 0 fully saturated rings. The quantitative estimate of drug-likeness (QED) is 0.255. The van der Waals surface area contributed by atoms with Gasteiger partial charge in [-0.1, -0.05) is 53.3 Å². The van der Waals surface area contributed by atoms with E-state index in [-0.39, 0.29) is 11.3 Å². The predicted octanol–water partition coefficient (Wildman–Crippen LogP) is 6.76. The molecule has 0 bridgehead atoms. The van der Waals surface area contributed by atoms with Crippen molar-refractivity contribution in [1.82, 2.24) is 4.98 Å². The van der Waals surface area contributed by atoms with Crippen LogP contribution in [0.25, 0.3) is 21.2 Å². The van der Waals surface area contributed by atoms with Crippen LogP contribution in [0.1, 0.15) is 38.9 Å². The van der Waals surface area contributed by atoms with Crippen LogP contribution in [0.4, 0.5) is 5.13 Å². The number of rotatable bonds is 5. The number of aliphatic hydroxyl groups is 1. The number of carbonyl (C=O) groups excluding carboxylic acids is 2. The molecule has 190 valence electrons. The fraction of sp³-hybridized carbons (Fsp3) is 0.167. The molecule has 38 heavy (non-hydrogen) atoms. The first-order chi connectivity index (χ1) is 18.3. The van der Waals surface area contributed by atoms with E-state index in [0.29, 0.717) is 27.4 Å². The van der Waals surface area contributed by atoms with Crippen LogP contribution in [0.2, 0.25) is 0 Å². The summed E-state index contributed by atoms with van der Waals surface area (Å²) in [6.07, 6.45) is 0. The van der Waals surface area contributed by atoms with Crippen molar-refractivity contribution in [2.24, 2.45) is 0 Å². The standard InChI is InChI=1S/C30H24N2O5S/c1-15-7-5-8-18(11-15)25-24(26(33)22-14-19-9-6-10-21(36-4)28(19)37-22)27(34)29(35)32(25)30-31-20-12-16(2)17(3)13-23(20)38-30/h5-14,25,34H,1-4H3. The fourth-order valence-corrected chi connectivity index (χ4v) is 5.97. The number of aliphatic hydroxyl groups excluding tert-OH is 1. The normalized spacial score (nSPS) is 15.7. The number of hydrogen-bond donors (Lipinski definition) is 1. The molecule has 0 saturated carbocycles. The monoisotopic (exact) mass is 524 g/mol. The Bertz CT molecular complexity index is 1770. The van der Waals surface area contributed by atoms with Gasteiger partial charge in [-0.3, -0.25) is 14.5 Å². The average Bonchev–Trinajstić information content (AvgIpc) is 3.58. The zero-order chi connectivity index (χ0) is 26.7. The van der Waals surface area contributed by atoms with Crippen LogP contribution < -0.4 is 9.64 Å². The molecule has 0 aliphatic carbocycles. The van der Waals surface area contributed by atoms with Crippen molar-refractivity contribution in [3.05, 3.63) is 100 Å². The number of fused-ring (bicyclic) bond motifs is 2. The highest BCUT2D eigenvalue weighted by Crippen LogP contribution is 2.45. The van der Waals surface area contributed by atoms with Crippen molar-refractivity contribution in [2.45, 2.75) is 26.8 Å². The van der Waals surface area contributed by atoms with Crippen LogP contribution in [0.5, 0.6) is 5.75 Å². The number of thiazole rings is 1. The maximum absolute atomic E-state index is 13.9. The van der Waals surface area contributed by atoms with Crippen LogP contribution in [0, 0.1) is 20.8 Å². The first-order valence-corrected chi connectivity index (χ1v) is 12.9. The number of hydrogen-bond acceptors (Lipinski definition) is 7. The molecule has 2 aromatic heterocycles. The minimum absolute atomic E-state index is 0.00824. The summed E-state index contributed by atoms with van der Waals surface area (Å²) >= 11 is 1.35. The maximum atomic E-state index is 13.9. The number of aryl methyl sites for hydroxylation is 3. The Morgan fingerprint density at radius 2 is 1.82 bits per heavy atom. The lowest BCUT2D eigenvalue weighted by Gasteiger charge is -2.24. The Morgan fingerprint density at radius 3 is 2.58 bits per heavy atom. The number of methoxy groups -OCH3 is 1. The lowest BCUT2D eigenvalue weighted by molar-refractivity contribution is -0.117. The number of furan rings is 1. The molecule has 1 atom stereocenters. The molecule has 1 aliphatic heterocycles. The lowest BCUT2D eigenvalue weighted by Crippen LogP contribution is -2.31. The third-order valence-corrected chi connectivity index (χ3v) is 7.98. The van der Waals surface area contributed by atoms with Gasteiger partial charge >= 0.3 is 0 Å². The first-order valence-electron chi connectivity index (χ1n) is 12.1. The Hall–Kier alpha value is -4.43. The van der Waals surface area contributed by atoms with E-state index >= 15 is 0 Å².